The van der Waals surface area contributed by atoms with E-state index in [0.29, 0.717) is 5.75 Å². The monoisotopic (exact) mass is 464 g/mol. The molecule has 3 N–H and O–H groups in total. The van der Waals surface area contributed by atoms with E-state index in [1.165, 1.54) is 16.2 Å². The summed E-state index contributed by atoms with van der Waals surface area (Å²) in [7, 11) is 3.08. The zero-order chi connectivity index (χ0) is 24.1. The summed E-state index contributed by atoms with van der Waals surface area (Å²) in [5, 5.41) is 14.8. The number of methoxy groups -OCH3 is 1. The molecule has 4 rings (SSSR count). The van der Waals surface area contributed by atoms with Gasteiger partial charge in [0, 0.05) is 7.05 Å². The van der Waals surface area contributed by atoms with E-state index in [2.05, 4.69) is 20.5 Å². The third kappa shape index (κ3) is 4.99. The van der Waals surface area contributed by atoms with Gasteiger partial charge in [-0.25, -0.2) is 10.2 Å². The average Bonchev–Trinajstić information content (AvgIpc) is 3.21. The molecule has 1 atom stereocenters. The van der Waals surface area contributed by atoms with Crippen molar-refractivity contribution in [2.45, 2.75) is 12.6 Å². The molecular formula is C23H24N6O5. The number of aromatic nitrogens is 4. The molecule has 34 heavy (non-hydrogen) atoms. The van der Waals surface area contributed by atoms with Gasteiger partial charge in [0.1, 0.15) is 24.2 Å². The molecule has 11 nitrogen and oxygen atoms in total. The minimum Gasteiger partial charge on any atom is -0.497 e. The lowest BCUT2D eigenvalue weighted by Crippen LogP contribution is -2.30. The van der Waals surface area contributed by atoms with Crippen LogP contribution >= 0.6 is 0 Å². The number of nitrogens with zero attached hydrogens (tertiary/aromatic N) is 4. The zero-order valence-corrected chi connectivity index (χ0v) is 18.6. The maximum absolute atomic E-state index is 12.6. The predicted octanol–water partition coefficient (Wildman–Crippen LogP) is 1.32. The molecule has 0 spiro atoms. The van der Waals surface area contributed by atoms with Gasteiger partial charge in [0.15, 0.2) is 11.2 Å². The van der Waals surface area contributed by atoms with Gasteiger partial charge in [0.25, 0.3) is 5.56 Å². The molecule has 0 aliphatic heterocycles. The average molecular weight is 464 g/mol. The Bertz CT molecular complexity index is 1410. The van der Waals surface area contributed by atoms with Crippen molar-refractivity contribution in [2.24, 2.45) is 12.1 Å². The standard InChI is InChI=1S/C23H24N6O5/c1-28-20-19(21(31)26-23(28)32)29(13-16(30)14-34-18-6-4-3-5-7-18)22(25-20)27-24-12-15-8-10-17(33-2)11-9-15/h3-12,16,30H,13-14H2,1-2H3,(H,25,27)(H,26,31,32)/b24-12-/t16-/m0/s1. The first kappa shape index (κ1) is 22.8. The number of nitrogens with one attached hydrogen (secondary N) is 2. The molecule has 0 radical (unpaired) electrons. The fraction of sp³-hybridized carbons (Fsp3) is 0.217. The maximum atomic E-state index is 12.6. The highest BCUT2D eigenvalue weighted by Gasteiger charge is 2.20. The lowest BCUT2D eigenvalue weighted by atomic mass is 10.2. The predicted molar refractivity (Wildman–Crippen MR) is 128 cm³/mol. The second-order valence-corrected chi connectivity index (χ2v) is 7.46. The second kappa shape index (κ2) is 10.0. The van der Waals surface area contributed by atoms with Gasteiger partial charge in [-0.15, -0.1) is 0 Å². The Kier molecular flexibility index (Phi) is 6.74. The van der Waals surface area contributed by atoms with Gasteiger partial charge in [0.05, 0.1) is 19.9 Å². The molecular weight excluding hydrogens is 440 g/mol. The number of hydrogen-bond acceptors (Lipinski definition) is 8. The number of hydrazone groups is 1. The van der Waals surface area contributed by atoms with Crippen LogP contribution in [0.2, 0.25) is 0 Å². The minimum atomic E-state index is -0.972. The van der Waals surface area contributed by atoms with Crippen LogP contribution in [-0.4, -0.2) is 50.2 Å². The van der Waals surface area contributed by atoms with E-state index in [0.717, 1.165) is 11.3 Å². The van der Waals surface area contributed by atoms with Crippen LogP contribution in [-0.2, 0) is 13.6 Å². The number of benzene rings is 2. The van der Waals surface area contributed by atoms with Crippen molar-refractivity contribution in [2.75, 3.05) is 19.1 Å². The summed E-state index contributed by atoms with van der Waals surface area (Å²) in [4.78, 5) is 31.2. The minimum absolute atomic E-state index is 0.0120. The number of aryl methyl sites for hydroxylation is 1. The van der Waals surface area contributed by atoms with Crippen molar-refractivity contribution in [3.8, 4) is 11.5 Å². The number of rotatable bonds is 9. The van der Waals surface area contributed by atoms with Crippen molar-refractivity contribution in [1.29, 1.82) is 0 Å². The first-order valence-electron chi connectivity index (χ1n) is 10.4. The van der Waals surface area contributed by atoms with E-state index >= 15 is 0 Å². The molecule has 0 bridgehead atoms. The number of aliphatic hydroxyl groups excluding tert-OH is 1. The number of aliphatic hydroxyl groups is 1. The number of imidazole rings is 1. The van der Waals surface area contributed by atoms with Crippen molar-refractivity contribution < 1.29 is 14.6 Å². The quantitative estimate of drug-likeness (QED) is 0.251. The smallest absolute Gasteiger partial charge is 0.329 e. The lowest BCUT2D eigenvalue weighted by Gasteiger charge is -2.15. The van der Waals surface area contributed by atoms with Crippen LogP contribution < -0.4 is 26.1 Å². The van der Waals surface area contributed by atoms with Crippen molar-refractivity contribution >= 4 is 23.3 Å². The first-order valence-corrected chi connectivity index (χ1v) is 10.4. The molecule has 0 amide bonds. The second-order valence-electron chi connectivity index (χ2n) is 7.46. The molecule has 0 aliphatic carbocycles. The van der Waals surface area contributed by atoms with Crippen LogP contribution in [0.1, 0.15) is 5.56 Å². The van der Waals surface area contributed by atoms with Crippen molar-refractivity contribution in [1.82, 2.24) is 19.1 Å². The molecule has 0 unspecified atom stereocenters. The molecule has 2 aromatic heterocycles. The third-order valence-corrected chi connectivity index (χ3v) is 5.08. The normalized spacial score (nSPS) is 12.2. The molecule has 0 saturated heterocycles. The lowest BCUT2D eigenvalue weighted by molar-refractivity contribution is 0.0938. The largest absolute Gasteiger partial charge is 0.497 e. The molecule has 0 saturated carbocycles. The maximum Gasteiger partial charge on any atom is 0.329 e. The van der Waals surface area contributed by atoms with Crippen molar-refractivity contribution in [3.63, 3.8) is 0 Å². The SMILES string of the molecule is COc1ccc(/C=N\Nc2nc3c(c(=O)[nH]c(=O)n3C)n2C[C@H](O)COc2ccccc2)cc1. The molecule has 2 aromatic carbocycles. The topological polar surface area (TPSA) is 136 Å². The van der Waals surface area contributed by atoms with Crippen LogP contribution in [0.4, 0.5) is 5.95 Å². The number of H-pyrrole nitrogens is 1. The highest BCUT2D eigenvalue weighted by molar-refractivity contribution is 5.80. The van der Waals surface area contributed by atoms with Gasteiger partial charge in [-0.2, -0.15) is 10.1 Å². The Labute approximate surface area is 193 Å². The van der Waals surface area contributed by atoms with Crippen LogP contribution in [0.3, 0.4) is 0 Å². The fourth-order valence-corrected chi connectivity index (χ4v) is 3.32. The number of hydrogen-bond donors (Lipinski definition) is 3. The van der Waals surface area contributed by atoms with Gasteiger partial charge in [0.2, 0.25) is 5.95 Å². The molecule has 2 heterocycles. The van der Waals surface area contributed by atoms with Crippen LogP contribution in [0.5, 0.6) is 11.5 Å². The number of para-hydroxylation sites is 1. The van der Waals surface area contributed by atoms with Gasteiger partial charge < -0.3 is 19.1 Å². The Morgan fingerprint density at radius 2 is 1.88 bits per heavy atom. The van der Waals surface area contributed by atoms with Gasteiger partial charge in [-0.1, -0.05) is 18.2 Å². The van der Waals surface area contributed by atoms with Crippen LogP contribution in [0, 0.1) is 0 Å². The number of fused-ring (bicyclic) bond motifs is 1. The molecule has 11 heteroatoms. The highest BCUT2D eigenvalue weighted by Crippen LogP contribution is 2.17. The van der Waals surface area contributed by atoms with Crippen LogP contribution in [0.15, 0.2) is 69.3 Å². The van der Waals surface area contributed by atoms with Gasteiger partial charge in [-0.05, 0) is 42.0 Å². The van der Waals surface area contributed by atoms with Gasteiger partial charge >= 0.3 is 5.69 Å². The number of aromatic amines is 1. The summed E-state index contributed by atoms with van der Waals surface area (Å²) < 4.78 is 13.4. The Morgan fingerprint density at radius 1 is 1.15 bits per heavy atom. The molecule has 4 aromatic rings. The summed E-state index contributed by atoms with van der Waals surface area (Å²) in [6.45, 7) is -0.0348. The summed E-state index contributed by atoms with van der Waals surface area (Å²) in [6.07, 6.45) is 0.599. The molecule has 0 aliphatic rings. The zero-order valence-electron chi connectivity index (χ0n) is 18.6. The first-order chi connectivity index (χ1) is 16.5. The van der Waals surface area contributed by atoms with E-state index < -0.39 is 17.4 Å². The number of ether oxygens (including phenoxy) is 2. The summed E-state index contributed by atoms with van der Waals surface area (Å²) >= 11 is 0. The number of anilines is 1. The van der Waals surface area contributed by atoms with E-state index in [4.69, 9.17) is 9.47 Å². The van der Waals surface area contributed by atoms with Crippen LogP contribution in [0.25, 0.3) is 11.2 Å². The summed E-state index contributed by atoms with van der Waals surface area (Å²) in [5.41, 5.74) is 2.68. The summed E-state index contributed by atoms with van der Waals surface area (Å²) in [5.74, 6) is 1.52. The van der Waals surface area contributed by atoms with E-state index in [-0.39, 0.29) is 30.3 Å². The van der Waals surface area contributed by atoms with E-state index in [1.807, 2.05) is 30.3 Å². The van der Waals surface area contributed by atoms with Gasteiger partial charge in [-0.3, -0.25) is 14.3 Å². The Hall–Kier alpha value is -4.38. The molecule has 0 fully saturated rings. The van der Waals surface area contributed by atoms with E-state index in [1.54, 1.807) is 37.6 Å². The Balaban J connectivity index is 1.60. The van der Waals surface area contributed by atoms with E-state index in [9.17, 15) is 14.7 Å². The van der Waals surface area contributed by atoms with Crippen molar-refractivity contribution in [3.05, 3.63) is 81.0 Å². The highest BCUT2D eigenvalue weighted by atomic mass is 16.5. The summed E-state index contributed by atoms with van der Waals surface area (Å²) in [6, 6.07) is 16.3. The molecule has 176 valence electrons. The fourth-order valence-electron chi connectivity index (χ4n) is 3.32. The third-order valence-electron chi connectivity index (χ3n) is 5.08. The Morgan fingerprint density at radius 3 is 2.59 bits per heavy atom.